The Bertz CT molecular complexity index is 951. The number of carbonyl (C=O) groups is 3. The van der Waals surface area contributed by atoms with Crippen LogP contribution in [-0.4, -0.2) is 41.9 Å². The minimum absolute atomic E-state index is 0.218. The van der Waals surface area contributed by atoms with Crippen LogP contribution >= 0.6 is 0 Å². The lowest BCUT2D eigenvalue weighted by Crippen LogP contribution is -2.29. The van der Waals surface area contributed by atoms with E-state index in [1.807, 2.05) is 30.3 Å². The van der Waals surface area contributed by atoms with E-state index in [-0.39, 0.29) is 29.8 Å². The van der Waals surface area contributed by atoms with Crippen LogP contribution in [0.1, 0.15) is 75.2 Å². The third-order valence-electron chi connectivity index (χ3n) is 5.93. The van der Waals surface area contributed by atoms with E-state index in [0.29, 0.717) is 30.4 Å². The van der Waals surface area contributed by atoms with Crippen LogP contribution in [-0.2, 0) is 11.3 Å². The maximum absolute atomic E-state index is 12.8. The molecule has 0 radical (unpaired) electrons. The van der Waals surface area contributed by atoms with Gasteiger partial charge in [0.25, 0.3) is 17.7 Å². The van der Waals surface area contributed by atoms with Crippen LogP contribution < -0.4 is 5.32 Å². The van der Waals surface area contributed by atoms with Crippen molar-refractivity contribution in [3.63, 3.8) is 0 Å². The lowest BCUT2D eigenvalue weighted by atomic mass is 9.98. The first-order valence-corrected chi connectivity index (χ1v) is 11.1. The maximum atomic E-state index is 12.8. The van der Waals surface area contributed by atoms with Gasteiger partial charge in [0, 0.05) is 18.7 Å². The van der Waals surface area contributed by atoms with Crippen molar-refractivity contribution in [1.82, 2.24) is 10.2 Å². The molecule has 0 saturated heterocycles. The summed E-state index contributed by atoms with van der Waals surface area (Å²) in [6.45, 7) is 1.36. The molecule has 1 aliphatic carbocycles. The van der Waals surface area contributed by atoms with Crippen LogP contribution in [0, 0.1) is 0 Å². The number of benzene rings is 2. The van der Waals surface area contributed by atoms with E-state index < -0.39 is 0 Å². The fourth-order valence-electron chi connectivity index (χ4n) is 4.20. The zero-order valence-electron chi connectivity index (χ0n) is 17.6. The highest BCUT2D eigenvalue weighted by atomic mass is 16.5. The second-order valence-electron chi connectivity index (χ2n) is 8.18. The summed E-state index contributed by atoms with van der Waals surface area (Å²) in [6, 6.07) is 14.1. The first-order valence-electron chi connectivity index (χ1n) is 11.1. The predicted molar refractivity (Wildman–Crippen MR) is 117 cm³/mol. The molecular weight excluding hydrogens is 392 g/mol. The Labute approximate surface area is 182 Å². The maximum Gasteiger partial charge on any atom is 0.261 e. The number of ether oxygens (including phenoxy) is 1. The first kappa shape index (κ1) is 21.2. The van der Waals surface area contributed by atoms with Crippen molar-refractivity contribution >= 4 is 17.7 Å². The van der Waals surface area contributed by atoms with E-state index in [4.69, 9.17) is 4.74 Å². The normalized spacial score (nSPS) is 16.5. The summed E-state index contributed by atoms with van der Waals surface area (Å²) in [5, 5.41) is 2.88. The highest BCUT2D eigenvalue weighted by Crippen LogP contribution is 2.26. The first-order chi connectivity index (χ1) is 15.1. The molecule has 1 aliphatic heterocycles. The molecule has 162 valence electrons. The van der Waals surface area contributed by atoms with Gasteiger partial charge in [-0.3, -0.25) is 19.3 Å². The van der Waals surface area contributed by atoms with Gasteiger partial charge in [-0.2, -0.15) is 0 Å². The van der Waals surface area contributed by atoms with E-state index in [2.05, 4.69) is 5.32 Å². The van der Waals surface area contributed by atoms with Gasteiger partial charge in [-0.15, -0.1) is 0 Å². The minimum Gasteiger partial charge on any atom is -0.378 e. The molecule has 0 aromatic heterocycles. The van der Waals surface area contributed by atoms with Gasteiger partial charge in [0.05, 0.1) is 23.8 Å². The summed E-state index contributed by atoms with van der Waals surface area (Å²) < 4.78 is 5.88. The van der Waals surface area contributed by atoms with Crippen molar-refractivity contribution in [2.75, 3.05) is 13.2 Å². The van der Waals surface area contributed by atoms with Crippen LogP contribution in [0.5, 0.6) is 0 Å². The Hall–Kier alpha value is -2.99. The number of carbonyl (C=O) groups excluding carboxylic acids is 3. The number of nitrogens with zero attached hydrogens (tertiary/aromatic N) is 1. The van der Waals surface area contributed by atoms with E-state index in [1.54, 1.807) is 12.1 Å². The summed E-state index contributed by atoms with van der Waals surface area (Å²) in [4.78, 5) is 39.2. The standard InChI is InChI=1S/C25H28N2O4/c28-23(26-14-7-15-31-20-10-5-2-6-11-20)19-12-13-21-22(16-19)25(30)27(24(21)29)17-18-8-3-1-4-9-18/h1,3-4,8-9,12-13,16,20H,2,5-7,10-11,14-15,17H2,(H,26,28). The summed E-state index contributed by atoms with van der Waals surface area (Å²) in [5.74, 6) is -0.933. The molecule has 1 saturated carbocycles. The van der Waals surface area contributed by atoms with Crippen molar-refractivity contribution in [3.8, 4) is 0 Å². The highest BCUT2D eigenvalue weighted by Gasteiger charge is 2.35. The molecule has 1 fully saturated rings. The molecule has 2 aromatic carbocycles. The van der Waals surface area contributed by atoms with Gasteiger partial charge < -0.3 is 10.1 Å². The van der Waals surface area contributed by atoms with Gasteiger partial charge in [0.1, 0.15) is 0 Å². The van der Waals surface area contributed by atoms with Crippen LogP contribution in [0.2, 0.25) is 0 Å². The lowest BCUT2D eigenvalue weighted by Gasteiger charge is -2.21. The number of nitrogens with one attached hydrogen (secondary N) is 1. The molecule has 31 heavy (non-hydrogen) atoms. The topological polar surface area (TPSA) is 75.7 Å². The summed E-state index contributed by atoms with van der Waals surface area (Å²) in [6.07, 6.45) is 7.16. The monoisotopic (exact) mass is 420 g/mol. The SMILES string of the molecule is O=C(NCCCOC1CCCCC1)c1ccc2c(c1)C(=O)N(Cc1ccccc1)C2=O. The summed E-state index contributed by atoms with van der Waals surface area (Å²) in [7, 11) is 0. The van der Waals surface area contributed by atoms with Crippen LogP contribution in [0.25, 0.3) is 0 Å². The van der Waals surface area contributed by atoms with Crippen molar-refractivity contribution < 1.29 is 19.1 Å². The molecule has 0 unspecified atom stereocenters. The molecule has 6 heteroatoms. The zero-order valence-corrected chi connectivity index (χ0v) is 17.6. The van der Waals surface area contributed by atoms with Crippen molar-refractivity contribution in [2.45, 2.75) is 51.2 Å². The molecule has 0 bridgehead atoms. The molecule has 2 aromatic rings. The second kappa shape index (κ2) is 9.88. The van der Waals surface area contributed by atoms with Crippen LogP contribution in [0.15, 0.2) is 48.5 Å². The van der Waals surface area contributed by atoms with Gasteiger partial charge in [-0.1, -0.05) is 49.6 Å². The molecule has 0 spiro atoms. The Balaban J connectivity index is 1.30. The third-order valence-corrected chi connectivity index (χ3v) is 5.93. The Morgan fingerprint density at radius 1 is 0.968 bits per heavy atom. The zero-order chi connectivity index (χ0) is 21.6. The van der Waals surface area contributed by atoms with E-state index >= 15 is 0 Å². The molecule has 4 rings (SSSR count). The summed E-state index contributed by atoms with van der Waals surface area (Å²) >= 11 is 0. The average Bonchev–Trinajstić information content (AvgIpc) is 3.04. The smallest absolute Gasteiger partial charge is 0.261 e. The number of hydrogen-bond acceptors (Lipinski definition) is 4. The predicted octanol–water partition coefficient (Wildman–Crippen LogP) is 3.95. The molecule has 1 N–H and O–H groups in total. The van der Waals surface area contributed by atoms with Crippen LogP contribution in [0.4, 0.5) is 0 Å². The molecule has 6 nitrogen and oxygen atoms in total. The fraction of sp³-hybridized carbons (Fsp3) is 0.400. The van der Waals surface area contributed by atoms with Gasteiger partial charge in [0.15, 0.2) is 0 Å². The molecular formula is C25H28N2O4. The van der Waals surface area contributed by atoms with Gasteiger partial charge in [-0.05, 0) is 43.0 Å². The number of rotatable bonds is 8. The highest BCUT2D eigenvalue weighted by molar-refractivity contribution is 6.22. The largest absolute Gasteiger partial charge is 0.378 e. The Morgan fingerprint density at radius 2 is 1.71 bits per heavy atom. The fourth-order valence-corrected chi connectivity index (χ4v) is 4.20. The summed E-state index contributed by atoms with van der Waals surface area (Å²) in [5.41, 5.74) is 1.90. The van der Waals surface area contributed by atoms with E-state index in [9.17, 15) is 14.4 Å². The molecule has 1 heterocycles. The van der Waals surface area contributed by atoms with Crippen molar-refractivity contribution in [3.05, 3.63) is 70.8 Å². The van der Waals surface area contributed by atoms with Gasteiger partial charge in [0.2, 0.25) is 0 Å². The minimum atomic E-state index is -0.362. The number of amides is 3. The Morgan fingerprint density at radius 3 is 2.48 bits per heavy atom. The molecule has 3 amide bonds. The Kier molecular flexibility index (Phi) is 6.77. The quantitative estimate of drug-likeness (QED) is 0.518. The van der Waals surface area contributed by atoms with E-state index in [0.717, 1.165) is 24.8 Å². The van der Waals surface area contributed by atoms with Crippen LogP contribution in [0.3, 0.4) is 0 Å². The van der Waals surface area contributed by atoms with Crippen molar-refractivity contribution in [2.24, 2.45) is 0 Å². The number of hydrogen-bond donors (Lipinski definition) is 1. The average molecular weight is 421 g/mol. The number of imide groups is 1. The van der Waals surface area contributed by atoms with E-state index in [1.165, 1.54) is 30.2 Å². The third kappa shape index (κ3) is 5.02. The second-order valence-corrected chi connectivity index (χ2v) is 8.18. The van der Waals surface area contributed by atoms with Gasteiger partial charge >= 0.3 is 0 Å². The molecule has 0 atom stereocenters. The van der Waals surface area contributed by atoms with Gasteiger partial charge in [-0.25, -0.2) is 0 Å². The lowest BCUT2D eigenvalue weighted by molar-refractivity contribution is 0.0273. The molecule has 2 aliphatic rings. The number of fused-ring (bicyclic) bond motifs is 1. The van der Waals surface area contributed by atoms with Crippen molar-refractivity contribution in [1.29, 1.82) is 0 Å².